The Labute approximate surface area is 374 Å². The van der Waals surface area contributed by atoms with Crippen LogP contribution in [0.25, 0.3) is 33.4 Å². The van der Waals surface area contributed by atoms with Gasteiger partial charge in [0.25, 0.3) is 0 Å². The average molecular weight is 841 g/mol. The maximum absolute atomic E-state index is 12.7. The van der Waals surface area contributed by atoms with Crippen molar-refractivity contribution in [1.82, 2.24) is 4.58 Å². The van der Waals surface area contributed by atoms with Crippen molar-refractivity contribution in [3.8, 4) is 22.5 Å². The van der Waals surface area contributed by atoms with Crippen LogP contribution in [0, 0.1) is 0 Å². The third kappa shape index (κ3) is 11.1. The maximum atomic E-state index is 12.7. The normalized spacial score (nSPS) is 12.4. The standard InChI is InChI=1S/C41H42N2O7S4.K/c1-3-42(23-11-25-51-32-13-7-5-8-14-32)30-17-20-35-38(27-30)50-39-28-31(43(4-2)24-12-26-52-33-15-9-6-10-16-33)18-21-36(39)41(35)37-22-19-34(53(44,45)46)29-40(37)54(47,48)49;/h5-10,13-22,27-29H,3-4,11-12,23-26H2,1-2H3,(H-,44,45,46,47,48,49);/q;+1/p-1. The van der Waals surface area contributed by atoms with Gasteiger partial charge in [-0.2, -0.15) is 0 Å². The Morgan fingerprint density at radius 2 is 1.35 bits per heavy atom. The van der Waals surface area contributed by atoms with Crippen LogP contribution in [-0.2, 0) is 20.2 Å². The summed E-state index contributed by atoms with van der Waals surface area (Å²) >= 11 is 3.61. The second-order valence-electron chi connectivity index (χ2n) is 12.6. The SMILES string of the molecule is CCN(CCCSc1ccccc1)c1ccc2c(-c3ccc(S(=O)(=O)[O-])cc3S(=O)(=O)[O-])c3ccc(=[N+](CC)CCCSc4ccccc4)cc-3oc2c1.[K+]. The van der Waals surface area contributed by atoms with Crippen LogP contribution in [0.3, 0.4) is 0 Å². The zero-order valence-electron chi connectivity index (χ0n) is 31.0. The summed E-state index contributed by atoms with van der Waals surface area (Å²) in [7, 11) is -10.3. The molecule has 4 aromatic carbocycles. The van der Waals surface area contributed by atoms with E-state index >= 15 is 0 Å². The fourth-order valence-corrected chi connectivity index (χ4v) is 9.49. The molecule has 0 unspecified atom stereocenters. The van der Waals surface area contributed by atoms with Gasteiger partial charge in [0.15, 0.2) is 0 Å². The molecule has 1 aliphatic carbocycles. The van der Waals surface area contributed by atoms with Gasteiger partial charge < -0.3 is 18.4 Å². The first-order valence-corrected chi connectivity index (χ1v) is 22.5. The summed E-state index contributed by atoms with van der Waals surface area (Å²) in [4.78, 5) is 3.09. The number of hydrogen-bond donors (Lipinski definition) is 0. The van der Waals surface area contributed by atoms with Crippen LogP contribution >= 0.6 is 23.5 Å². The van der Waals surface area contributed by atoms with Crippen LogP contribution in [0.15, 0.2) is 139 Å². The van der Waals surface area contributed by atoms with Gasteiger partial charge in [-0.1, -0.05) is 42.5 Å². The van der Waals surface area contributed by atoms with Crippen LogP contribution in [0.2, 0.25) is 0 Å². The first-order chi connectivity index (χ1) is 26.0. The summed E-state index contributed by atoms with van der Waals surface area (Å²) < 4.78 is 82.6. The number of hydrogen-bond acceptors (Lipinski definition) is 10. The molecule has 0 N–H and O–H groups in total. The number of nitrogens with zero attached hydrogens (tertiary/aromatic N) is 2. The van der Waals surface area contributed by atoms with E-state index in [9.17, 15) is 25.9 Å². The van der Waals surface area contributed by atoms with Gasteiger partial charge >= 0.3 is 51.4 Å². The molecule has 14 heteroatoms. The van der Waals surface area contributed by atoms with E-state index in [0.717, 1.165) is 67.6 Å². The number of benzene rings is 5. The van der Waals surface area contributed by atoms with E-state index < -0.39 is 30.0 Å². The van der Waals surface area contributed by atoms with Gasteiger partial charge in [-0.05, 0) is 80.6 Å². The monoisotopic (exact) mass is 840 g/mol. The zero-order chi connectivity index (χ0) is 38.3. The van der Waals surface area contributed by atoms with Gasteiger partial charge in [0, 0.05) is 75.0 Å². The summed E-state index contributed by atoms with van der Waals surface area (Å²) in [6.07, 6.45) is 1.87. The van der Waals surface area contributed by atoms with Crippen LogP contribution in [-0.4, -0.2) is 63.6 Å². The molecule has 0 saturated carbocycles. The van der Waals surface area contributed by atoms with Gasteiger partial charge in [0.2, 0.25) is 5.36 Å². The van der Waals surface area contributed by atoms with Gasteiger partial charge in [-0.3, -0.25) is 0 Å². The molecule has 0 atom stereocenters. The minimum atomic E-state index is -5.22. The number of anilines is 1. The molecule has 0 saturated heterocycles. The van der Waals surface area contributed by atoms with E-state index in [1.54, 1.807) is 23.5 Å². The molecule has 1 heterocycles. The van der Waals surface area contributed by atoms with Crippen molar-refractivity contribution in [3.05, 3.63) is 121 Å². The molecule has 0 aromatic heterocycles. The Kier molecular flexibility index (Phi) is 15.7. The van der Waals surface area contributed by atoms with Crippen molar-refractivity contribution >= 4 is 60.4 Å². The Morgan fingerprint density at radius 1 is 0.709 bits per heavy atom. The van der Waals surface area contributed by atoms with E-state index in [2.05, 4.69) is 47.6 Å². The molecule has 0 fully saturated rings. The fourth-order valence-electron chi connectivity index (χ4n) is 6.49. The molecule has 0 spiro atoms. The van der Waals surface area contributed by atoms with Gasteiger partial charge in [0.05, 0.1) is 15.9 Å². The molecular weight excluding hydrogens is 800 g/mol. The Bertz CT molecular complexity index is 2500. The van der Waals surface area contributed by atoms with Crippen molar-refractivity contribution in [1.29, 1.82) is 0 Å². The molecule has 0 radical (unpaired) electrons. The fraction of sp³-hybridized carbons (Fsp3) is 0.244. The molecular formula is C41H41KN2O7S4. The Hall–Kier alpha value is -2.47. The van der Waals surface area contributed by atoms with Crippen molar-refractivity contribution in [2.24, 2.45) is 0 Å². The molecule has 282 valence electrons. The summed E-state index contributed by atoms with van der Waals surface area (Å²) in [6, 6.07) is 34.8. The Morgan fingerprint density at radius 3 is 1.95 bits per heavy atom. The Balaban J connectivity index is 0.00000580. The number of rotatable bonds is 16. The molecule has 9 nitrogen and oxygen atoms in total. The first-order valence-electron chi connectivity index (χ1n) is 17.7. The zero-order valence-corrected chi connectivity index (χ0v) is 37.4. The molecule has 6 rings (SSSR count). The second-order valence-corrected chi connectivity index (χ2v) is 17.7. The molecule has 55 heavy (non-hydrogen) atoms. The van der Waals surface area contributed by atoms with Gasteiger partial charge in [-0.15, -0.1) is 23.5 Å². The predicted molar refractivity (Wildman–Crippen MR) is 216 cm³/mol. The molecule has 4 aromatic rings. The van der Waals surface area contributed by atoms with Crippen molar-refractivity contribution in [2.45, 2.75) is 46.3 Å². The van der Waals surface area contributed by atoms with E-state index in [4.69, 9.17) is 4.42 Å². The van der Waals surface area contributed by atoms with E-state index in [-0.39, 0.29) is 56.9 Å². The maximum Gasteiger partial charge on any atom is 1.00 e. The topological polar surface area (TPSA) is 134 Å². The average Bonchev–Trinajstić information content (AvgIpc) is 3.16. The smallest absolute Gasteiger partial charge is 0.744 e. The molecule has 2 aliphatic rings. The molecule has 0 bridgehead atoms. The van der Waals surface area contributed by atoms with Gasteiger partial charge in [0.1, 0.15) is 44.7 Å². The second kappa shape index (κ2) is 19.8. The summed E-state index contributed by atoms with van der Waals surface area (Å²) in [5.41, 5.74) is 2.27. The van der Waals surface area contributed by atoms with Crippen molar-refractivity contribution in [3.63, 3.8) is 0 Å². The van der Waals surface area contributed by atoms with E-state index in [1.807, 2.05) is 72.8 Å². The largest absolute Gasteiger partial charge is 1.00 e. The van der Waals surface area contributed by atoms with Crippen LogP contribution in [0.4, 0.5) is 5.69 Å². The third-order valence-electron chi connectivity index (χ3n) is 9.13. The first kappa shape index (κ1) is 43.6. The van der Waals surface area contributed by atoms with E-state index in [0.29, 0.717) is 33.9 Å². The summed E-state index contributed by atoms with van der Waals surface area (Å²) in [6.45, 7) is 7.24. The van der Waals surface area contributed by atoms with Crippen LogP contribution in [0.5, 0.6) is 0 Å². The summed E-state index contributed by atoms with van der Waals surface area (Å²) in [5.74, 6) is 2.34. The van der Waals surface area contributed by atoms with Crippen LogP contribution in [0.1, 0.15) is 26.7 Å². The molecule has 0 amide bonds. The minimum Gasteiger partial charge on any atom is -0.744 e. The third-order valence-corrected chi connectivity index (χ3v) is 13.0. The molecule has 1 aliphatic heterocycles. The quantitative estimate of drug-likeness (QED) is 0.0328. The van der Waals surface area contributed by atoms with Crippen molar-refractivity contribution in [2.75, 3.05) is 42.6 Å². The van der Waals surface area contributed by atoms with Crippen LogP contribution < -0.4 is 66.2 Å². The number of thioether (sulfide) groups is 2. The number of fused-ring (bicyclic) bond motifs is 2. The predicted octanol–water partition coefficient (Wildman–Crippen LogP) is 5.00. The van der Waals surface area contributed by atoms with Crippen molar-refractivity contribution < 1.29 is 81.7 Å². The minimum absolute atomic E-state index is 0. The van der Waals surface area contributed by atoms with Gasteiger partial charge in [-0.25, -0.2) is 21.4 Å². The van der Waals surface area contributed by atoms with E-state index in [1.165, 1.54) is 15.9 Å². The summed E-state index contributed by atoms with van der Waals surface area (Å²) in [5, 5.41) is 1.44.